The lowest BCUT2D eigenvalue weighted by Crippen LogP contribution is -2.24. The zero-order chi connectivity index (χ0) is 21.0. The van der Waals surface area contributed by atoms with Crippen LogP contribution in [0.15, 0.2) is 54.6 Å². The number of carbonyl (C=O) groups excluding carboxylic acids is 2. The summed E-state index contributed by atoms with van der Waals surface area (Å²) in [6, 6.07) is 17.3. The zero-order valence-corrected chi connectivity index (χ0v) is 17.3. The molecule has 6 heteroatoms. The van der Waals surface area contributed by atoms with Crippen LogP contribution in [0.4, 0.5) is 0 Å². The fourth-order valence-corrected chi connectivity index (χ4v) is 3.23. The summed E-state index contributed by atoms with van der Waals surface area (Å²) >= 11 is 0. The summed E-state index contributed by atoms with van der Waals surface area (Å²) < 4.78 is 1.86. The van der Waals surface area contributed by atoms with E-state index in [0.29, 0.717) is 29.9 Å². The maximum atomic E-state index is 12.8. The van der Waals surface area contributed by atoms with E-state index < -0.39 is 0 Å². The van der Waals surface area contributed by atoms with E-state index in [0.717, 1.165) is 16.8 Å². The Kier molecular flexibility index (Phi) is 6.12. The van der Waals surface area contributed by atoms with E-state index in [4.69, 9.17) is 0 Å². The van der Waals surface area contributed by atoms with Crippen LogP contribution in [0.1, 0.15) is 43.2 Å². The van der Waals surface area contributed by atoms with Crippen LogP contribution < -0.4 is 5.32 Å². The largest absolute Gasteiger partial charge is 0.348 e. The van der Waals surface area contributed by atoms with Gasteiger partial charge in [0.1, 0.15) is 0 Å². The fourth-order valence-electron chi connectivity index (χ4n) is 3.23. The van der Waals surface area contributed by atoms with Crippen molar-refractivity contribution in [2.24, 2.45) is 0 Å². The van der Waals surface area contributed by atoms with E-state index in [1.54, 1.807) is 26.2 Å². The van der Waals surface area contributed by atoms with Crippen LogP contribution in [-0.2, 0) is 13.1 Å². The van der Waals surface area contributed by atoms with Crippen LogP contribution in [0.5, 0.6) is 0 Å². The molecule has 0 spiro atoms. The number of benzene rings is 2. The second-order valence-electron chi connectivity index (χ2n) is 7.27. The molecule has 3 aromatic rings. The highest BCUT2D eigenvalue weighted by Crippen LogP contribution is 2.15. The van der Waals surface area contributed by atoms with Crippen molar-refractivity contribution in [3.8, 4) is 0 Å². The highest BCUT2D eigenvalue weighted by atomic mass is 16.2. The number of aryl methyl sites for hydroxylation is 1. The number of carbonyl (C=O) groups is 2. The van der Waals surface area contributed by atoms with Gasteiger partial charge in [-0.2, -0.15) is 5.10 Å². The van der Waals surface area contributed by atoms with Crippen molar-refractivity contribution in [1.29, 1.82) is 0 Å². The smallest absolute Gasteiger partial charge is 0.255 e. The fraction of sp³-hybridized carbons (Fsp3) is 0.261. The lowest BCUT2D eigenvalue weighted by molar-refractivity contribution is 0.0827. The van der Waals surface area contributed by atoms with Gasteiger partial charge in [0.2, 0.25) is 0 Å². The first-order valence-corrected chi connectivity index (χ1v) is 9.53. The second-order valence-corrected chi connectivity index (χ2v) is 7.27. The molecule has 6 nitrogen and oxygen atoms in total. The Morgan fingerprint density at radius 3 is 2.24 bits per heavy atom. The molecule has 0 radical (unpaired) electrons. The number of amides is 2. The summed E-state index contributed by atoms with van der Waals surface area (Å²) in [4.78, 5) is 26.3. The maximum absolute atomic E-state index is 12.8. The average molecular weight is 390 g/mol. The van der Waals surface area contributed by atoms with Gasteiger partial charge in [-0.1, -0.05) is 42.5 Å². The zero-order valence-electron chi connectivity index (χ0n) is 17.3. The number of rotatable bonds is 6. The minimum atomic E-state index is -0.146. The van der Waals surface area contributed by atoms with Gasteiger partial charge in [-0.3, -0.25) is 14.3 Å². The molecule has 1 heterocycles. The highest BCUT2D eigenvalue weighted by molar-refractivity contribution is 5.96. The van der Waals surface area contributed by atoms with Gasteiger partial charge in [-0.15, -0.1) is 0 Å². The van der Waals surface area contributed by atoms with Gasteiger partial charge >= 0.3 is 0 Å². The van der Waals surface area contributed by atoms with Crippen LogP contribution >= 0.6 is 0 Å². The molecule has 0 unspecified atom stereocenters. The van der Waals surface area contributed by atoms with Gasteiger partial charge in [0.25, 0.3) is 11.8 Å². The first-order valence-electron chi connectivity index (χ1n) is 9.53. The molecule has 2 aromatic carbocycles. The molecule has 0 saturated heterocycles. The van der Waals surface area contributed by atoms with Gasteiger partial charge in [-0.25, -0.2) is 0 Å². The van der Waals surface area contributed by atoms with Crippen molar-refractivity contribution in [2.45, 2.75) is 26.9 Å². The molecule has 0 atom stereocenters. The normalized spacial score (nSPS) is 10.6. The molecule has 150 valence electrons. The topological polar surface area (TPSA) is 67.2 Å². The number of aromatic nitrogens is 2. The minimum Gasteiger partial charge on any atom is -0.348 e. The van der Waals surface area contributed by atoms with Crippen molar-refractivity contribution in [3.63, 3.8) is 0 Å². The van der Waals surface area contributed by atoms with Crippen molar-refractivity contribution < 1.29 is 9.59 Å². The first-order chi connectivity index (χ1) is 13.9. The Balaban J connectivity index is 1.67. The number of hydrogen-bond donors (Lipinski definition) is 1. The molecule has 3 rings (SSSR count). The molecule has 0 fully saturated rings. The van der Waals surface area contributed by atoms with Crippen LogP contribution in [0.2, 0.25) is 0 Å². The summed E-state index contributed by atoms with van der Waals surface area (Å²) in [5, 5.41) is 7.50. The van der Waals surface area contributed by atoms with E-state index >= 15 is 0 Å². The lowest BCUT2D eigenvalue weighted by Gasteiger charge is -2.11. The molecule has 0 aliphatic heterocycles. The van der Waals surface area contributed by atoms with Crippen LogP contribution in [0.25, 0.3) is 0 Å². The van der Waals surface area contributed by atoms with Gasteiger partial charge in [0, 0.05) is 31.9 Å². The molecular weight excluding hydrogens is 364 g/mol. The molecular formula is C23H26N4O2. The number of nitrogens with zero attached hydrogens (tertiary/aromatic N) is 3. The third-order valence-electron chi connectivity index (χ3n) is 4.84. The minimum absolute atomic E-state index is 0.0438. The van der Waals surface area contributed by atoms with E-state index in [2.05, 4.69) is 10.4 Å². The quantitative estimate of drug-likeness (QED) is 0.703. The highest BCUT2D eigenvalue weighted by Gasteiger charge is 2.18. The Morgan fingerprint density at radius 2 is 1.62 bits per heavy atom. The average Bonchev–Trinajstić information content (AvgIpc) is 2.99. The third-order valence-corrected chi connectivity index (χ3v) is 4.84. The molecule has 0 bridgehead atoms. The van der Waals surface area contributed by atoms with Crippen LogP contribution in [-0.4, -0.2) is 40.6 Å². The van der Waals surface area contributed by atoms with Crippen molar-refractivity contribution >= 4 is 11.8 Å². The van der Waals surface area contributed by atoms with E-state index in [9.17, 15) is 9.59 Å². The summed E-state index contributed by atoms with van der Waals surface area (Å²) in [5.41, 5.74) is 4.86. The van der Waals surface area contributed by atoms with Gasteiger partial charge < -0.3 is 10.2 Å². The molecule has 29 heavy (non-hydrogen) atoms. The van der Waals surface area contributed by atoms with Gasteiger partial charge in [-0.05, 0) is 37.1 Å². The molecule has 0 saturated carbocycles. The maximum Gasteiger partial charge on any atom is 0.255 e. The standard InChI is InChI=1S/C23H26N4O2/c1-16-21(17(2)27(25-16)15-19-8-6-5-7-9-19)22(28)24-14-18-10-12-20(13-11-18)23(29)26(3)4/h5-13H,14-15H2,1-4H3,(H,24,28). The molecule has 2 amide bonds. The monoisotopic (exact) mass is 390 g/mol. The lowest BCUT2D eigenvalue weighted by atomic mass is 10.1. The first kappa shape index (κ1) is 20.3. The Bertz CT molecular complexity index is 1010. The van der Waals surface area contributed by atoms with Crippen molar-refractivity contribution in [2.75, 3.05) is 14.1 Å². The predicted octanol–water partition coefficient (Wildman–Crippen LogP) is 3.18. The van der Waals surface area contributed by atoms with Crippen LogP contribution in [0.3, 0.4) is 0 Å². The second kappa shape index (κ2) is 8.73. The Hall–Kier alpha value is -3.41. The molecule has 0 aliphatic rings. The summed E-state index contributed by atoms with van der Waals surface area (Å²) in [5.74, 6) is -0.189. The molecule has 1 aromatic heterocycles. The SMILES string of the molecule is Cc1nn(Cc2ccccc2)c(C)c1C(=O)NCc1ccc(C(=O)N(C)C)cc1. The Labute approximate surface area is 171 Å². The summed E-state index contributed by atoms with van der Waals surface area (Å²) in [6.07, 6.45) is 0. The van der Waals surface area contributed by atoms with Gasteiger partial charge in [0.05, 0.1) is 17.8 Å². The molecule has 1 N–H and O–H groups in total. The van der Waals surface area contributed by atoms with E-state index in [1.165, 1.54) is 4.90 Å². The van der Waals surface area contributed by atoms with Crippen molar-refractivity contribution in [3.05, 3.63) is 88.2 Å². The Morgan fingerprint density at radius 1 is 0.966 bits per heavy atom. The third kappa shape index (κ3) is 4.71. The van der Waals surface area contributed by atoms with Crippen molar-refractivity contribution in [1.82, 2.24) is 20.0 Å². The van der Waals surface area contributed by atoms with E-state index in [-0.39, 0.29) is 11.8 Å². The number of nitrogens with one attached hydrogen (secondary N) is 1. The van der Waals surface area contributed by atoms with Gasteiger partial charge in [0.15, 0.2) is 0 Å². The predicted molar refractivity (Wildman–Crippen MR) is 113 cm³/mol. The summed E-state index contributed by atoms with van der Waals surface area (Å²) in [7, 11) is 3.44. The van der Waals surface area contributed by atoms with E-state index in [1.807, 2.05) is 61.0 Å². The number of hydrogen-bond acceptors (Lipinski definition) is 3. The molecule has 0 aliphatic carbocycles. The summed E-state index contributed by atoms with van der Waals surface area (Å²) in [6.45, 7) is 4.78. The van der Waals surface area contributed by atoms with Crippen LogP contribution in [0, 0.1) is 13.8 Å².